The molecule has 36 heavy (non-hydrogen) atoms. The second-order valence-corrected chi connectivity index (χ2v) is 11.0. The van der Waals surface area contributed by atoms with Gasteiger partial charge in [-0.3, -0.25) is 9.35 Å². The number of benzene rings is 2. The van der Waals surface area contributed by atoms with E-state index in [9.17, 15) is 13.6 Å². The number of hydrogen-bond donors (Lipinski definition) is 1. The number of hydrogen-bond acceptors (Lipinski definition) is 5. The van der Waals surface area contributed by atoms with E-state index in [-0.39, 0.29) is 23.8 Å². The summed E-state index contributed by atoms with van der Waals surface area (Å²) in [4.78, 5) is 12.7. The number of fused-ring (bicyclic) bond motifs is 1. The second kappa shape index (κ2) is 10.8. The number of nitrogens with zero attached hydrogens (tertiary/aromatic N) is 4. The van der Waals surface area contributed by atoms with Crippen molar-refractivity contribution in [3.05, 3.63) is 58.1 Å². The lowest BCUT2D eigenvalue weighted by Crippen LogP contribution is -2.44. The summed E-state index contributed by atoms with van der Waals surface area (Å²) in [6.07, 6.45) is 4.13. The molecule has 0 aliphatic heterocycles. The molecule has 194 valence electrons. The molecule has 1 aliphatic carbocycles. The van der Waals surface area contributed by atoms with Gasteiger partial charge < -0.3 is 4.74 Å². The second-order valence-electron chi connectivity index (χ2n) is 10.1. The fraction of sp³-hybridized carbons (Fsp3) is 0.519. The lowest BCUT2D eigenvalue weighted by atomic mass is 9.84. The molecule has 2 atom stereocenters. The third-order valence-electron chi connectivity index (χ3n) is 7.69. The predicted molar refractivity (Wildman–Crippen MR) is 141 cm³/mol. The van der Waals surface area contributed by atoms with E-state index in [1.54, 1.807) is 15.9 Å². The molecule has 9 heteroatoms. The van der Waals surface area contributed by atoms with Crippen LogP contribution in [0.4, 0.5) is 0 Å². The molecule has 1 N–H and O–H groups in total. The average Bonchev–Trinajstić information content (AvgIpc) is 3.44. The molecule has 0 amide bonds. The lowest BCUT2D eigenvalue weighted by Gasteiger charge is -2.35. The summed E-state index contributed by atoms with van der Waals surface area (Å²) in [5.41, 5.74) is 6.41. The number of aromatic nitrogens is 3. The van der Waals surface area contributed by atoms with E-state index in [1.165, 1.54) is 0 Å². The predicted octanol–water partition coefficient (Wildman–Crippen LogP) is 4.94. The summed E-state index contributed by atoms with van der Waals surface area (Å²) in [6, 6.07) is 10.2. The van der Waals surface area contributed by atoms with Crippen LogP contribution < -0.4 is 0 Å². The molecule has 2 aromatic carbocycles. The normalized spacial score (nSPS) is 17.0. The molecule has 1 heterocycles. The SMILES string of the molecule is CCOC(=O)CC(c1ccc(C)c(CN(S(=O)O)C2(C)CCCC2)c1)c1ccc2c(nnn2C)c1C. The Morgan fingerprint density at radius 2 is 1.97 bits per heavy atom. The van der Waals surface area contributed by atoms with Gasteiger partial charge in [-0.25, -0.2) is 8.89 Å². The first-order valence-corrected chi connectivity index (χ1v) is 13.6. The van der Waals surface area contributed by atoms with Crippen LogP contribution in [0.2, 0.25) is 0 Å². The fourth-order valence-electron chi connectivity index (χ4n) is 5.47. The highest BCUT2D eigenvalue weighted by molar-refractivity contribution is 7.76. The van der Waals surface area contributed by atoms with E-state index in [1.807, 2.05) is 45.2 Å². The lowest BCUT2D eigenvalue weighted by molar-refractivity contribution is -0.143. The molecule has 1 saturated carbocycles. The third kappa shape index (κ3) is 5.23. The van der Waals surface area contributed by atoms with Gasteiger partial charge in [0.15, 0.2) is 0 Å². The van der Waals surface area contributed by atoms with E-state index in [0.29, 0.717) is 13.2 Å². The number of ether oxygens (including phenoxy) is 1. The molecule has 2 unspecified atom stereocenters. The molecular weight excluding hydrogens is 476 g/mol. The maximum Gasteiger partial charge on any atom is 0.306 e. The Kier molecular flexibility index (Phi) is 7.92. The molecule has 1 aromatic heterocycles. The van der Waals surface area contributed by atoms with Gasteiger partial charge in [-0.15, -0.1) is 5.10 Å². The summed E-state index contributed by atoms with van der Waals surface area (Å²) < 4.78 is 31.4. The van der Waals surface area contributed by atoms with E-state index in [0.717, 1.165) is 64.5 Å². The Hall–Kier alpha value is -2.62. The van der Waals surface area contributed by atoms with Gasteiger partial charge in [-0.1, -0.05) is 42.3 Å². The largest absolute Gasteiger partial charge is 0.466 e. The smallest absolute Gasteiger partial charge is 0.306 e. The number of carbonyl (C=O) groups is 1. The van der Waals surface area contributed by atoms with Gasteiger partial charge in [0.25, 0.3) is 0 Å². The minimum atomic E-state index is -2.08. The molecular formula is C27H36N4O4S. The molecule has 0 radical (unpaired) electrons. The maximum absolute atomic E-state index is 12.7. The van der Waals surface area contributed by atoms with Crippen LogP contribution in [-0.2, 0) is 34.4 Å². The Morgan fingerprint density at radius 3 is 2.64 bits per heavy atom. The van der Waals surface area contributed by atoms with Crippen molar-refractivity contribution in [1.29, 1.82) is 0 Å². The van der Waals surface area contributed by atoms with Gasteiger partial charge >= 0.3 is 5.97 Å². The third-order valence-corrected chi connectivity index (χ3v) is 8.64. The van der Waals surface area contributed by atoms with Crippen LogP contribution in [-0.4, -0.2) is 46.2 Å². The van der Waals surface area contributed by atoms with Gasteiger partial charge in [0.05, 0.1) is 18.5 Å². The van der Waals surface area contributed by atoms with E-state index in [4.69, 9.17) is 4.74 Å². The number of esters is 1. The first-order chi connectivity index (χ1) is 17.1. The van der Waals surface area contributed by atoms with Crippen molar-refractivity contribution in [1.82, 2.24) is 19.3 Å². The fourth-order valence-corrected chi connectivity index (χ4v) is 6.28. The van der Waals surface area contributed by atoms with Crippen molar-refractivity contribution in [3.8, 4) is 0 Å². The van der Waals surface area contributed by atoms with Gasteiger partial charge in [0.2, 0.25) is 11.3 Å². The number of aryl methyl sites for hydroxylation is 3. The molecule has 3 aromatic rings. The molecule has 0 saturated heterocycles. The van der Waals surface area contributed by atoms with Crippen molar-refractivity contribution < 1.29 is 18.3 Å². The van der Waals surface area contributed by atoms with Crippen LogP contribution in [0, 0.1) is 13.8 Å². The molecule has 4 rings (SSSR count). The topological polar surface area (TPSA) is 97.6 Å². The van der Waals surface area contributed by atoms with E-state index >= 15 is 0 Å². The van der Waals surface area contributed by atoms with Crippen molar-refractivity contribution in [2.45, 2.75) is 77.8 Å². The Balaban J connectivity index is 1.76. The highest BCUT2D eigenvalue weighted by atomic mass is 32.2. The van der Waals surface area contributed by atoms with Crippen molar-refractivity contribution in [3.63, 3.8) is 0 Å². The summed E-state index contributed by atoms with van der Waals surface area (Å²) in [6.45, 7) is 8.61. The number of rotatable bonds is 9. The van der Waals surface area contributed by atoms with Crippen LogP contribution >= 0.6 is 0 Å². The van der Waals surface area contributed by atoms with Gasteiger partial charge in [0, 0.05) is 25.0 Å². The summed E-state index contributed by atoms with van der Waals surface area (Å²) in [5.74, 6) is -0.509. The molecule has 1 fully saturated rings. The molecule has 0 spiro atoms. The molecule has 8 nitrogen and oxygen atoms in total. The Morgan fingerprint density at radius 1 is 1.25 bits per heavy atom. The highest BCUT2D eigenvalue weighted by Crippen LogP contribution is 2.38. The van der Waals surface area contributed by atoms with Gasteiger partial charge in [0.1, 0.15) is 5.52 Å². The minimum Gasteiger partial charge on any atom is -0.466 e. The first kappa shape index (κ1) is 26.4. The quantitative estimate of drug-likeness (QED) is 0.322. The van der Waals surface area contributed by atoms with E-state index < -0.39 is 11.3 Å². The zero-order valence-corrected chi connectivity index (χ0v) is 22.6. The van der Waals surface area contributed by atoms with Gasteiger partial charge in [-0.05, 0) is 74.4 Å². The van der Waals surface area contributed by atoms with Crippen LogP contribution in [0.1, 0.15) is 79.7 Å². The summed E-state index contributed by atoms with van der Waals surface area (Å²) in [7, 11) is 1.86. The van der Waals surface area contributed by atoms with Crippen molar-refractivity contribution in [2.75, 3.05) is 6.61 Å². The van der Waals surface area contributed by atoms with Crippen LogP contribution in [0.15, 0.2) is 30.3 Å². The average molecular weight is 513 g/mol. The molecule has 0 bridgehead atoms. The van der Waals surface area contributed by atoms with Crippen LogP contribution in [0.25, 0.3) is 11.0 Å². The van der Waals surface area contributed by atoms with Crippen LogP contribution in [0.3, 0.4) is 0 Å². The Bertz CT molecular complexity index is 1280. The zero-order valence-electron chi connectivity index (χ0n) is 21.8. The maximum atomic E-state index is 12.7. The zero-order chi connectivity index (χ0) is 26.0. The van der Waals surface area contributed by atoms with E-state index in [2.05, 4.69) is 23.3 Å². The standard InChI is InChI=1S/C27H36N4O4S/c1-6-35-25(32)16-23(22-11-12-24-26(19(22)3)28-29-30(24)5)20-10-9-18(2)21(15-20)17-31(36(33)34)27(4)13-7-8-14-27/h9-12,15,23H,6-8,13-14,16-17H2,1-5H3,(H,33,34). The highest BCUT2D eigenvalue weighted by Gasteiger charge is 2.38. The number of carbonyl (C=O) groups excluding carboxylic acids is 1. The summed E-state index contributed by atoms with van der Waals surface area (Å²) >= 11 is -2.08. The summed E-state index contributed by atoms with van der Waals surface area (Å²) in [5, 5.41) is 8.50. The molecule has 1 aliphatic rings. The monoisotopic (exact) mass is 512 g/mol. The first-order valence-electron chi connectivity index (χ1n) is 12.6. The van der Waals surface area contributed by atoms with Crippen molar-refractivity contribution in [2.24, 2.45) is 7.05 Å². The van der Waals surface area contributed by atoms with Crippen LogP contribution in [0.5, 0.6) is 0 Å². The van der Waals surface area contributed by atoms with Crippen molar-refractivity contribution >= 4 is 28.3 Å². The Labute approximate surface area is 215 Å². The minimum absolute atomic E-state index is 0.191. The van der Waals surface area contributed by atoms with Gasteiger partial charge in [-0.2, -0.15) is 4.31 Å².